The average Bonchev–Trinajstić information content (AvgIpc) is 2.56. The number of carbonyl (C=O) groups is 2. The lowest BCUT2D eigenvalue weighted by atomic mass is 9.86. The van der Waals surface area contributed by atoms with Crippen molar-refractivity contribution in [1.29, 1.82) is 5.26 Å². The Morgan fingerprint density at radius 1 is 0.960 bits per heavy atom. The Labute approximate surface area is 151 Å². The second-order valence-electron chi connectivity index (χ2n) is 6.42. The van der Waals surface area contributed by atoms with Gasteiger partial charge < -0.3 is 10.6 Å². The first-order valence-electron chi connectivity index (χ1n) is 7.69. The topological polar surface area (TPSA) is 82.0 Å². The first-order chi connectivity index (χ1) is 11.8. The lowest BCUT2D eigenvalue weighted by molar-refractivity contribution is -0.133. The highest BCUT2D eigenvalue weighted by Gasteiger charge is 2.21. The number of nitriles is 1. The number of hydrogen-bond donors (Lipinski definition) is 2. The van der Waals surface area contributed by atoms with E-state index in [-0.39, 0.29) is 5.41 Å². The van der Waals surface area contributed by atoms with Gasteiger partial charge in [0.25, 0.3) is 0 Å². The summed E-state index contributed by atoms with van der Waals surface area (Å²) < 4.78 is 0. The predicted octanol–water partition coefficient (Wildman–Crippen LogP) is 4.13. The second-order valence-corrected chi connectivity index (χ2v) is 7.28. The zero-order valence-electron chi connectivity index (χ0n) is 14.3. The van der Waals surface area contributed by atoms with E-state index in [1.54, 1.807) is 30.3 Å². The number of para-hydroxylation sites is 1. The molecule has 25 heavy (non-hydrogen) atoms. The molecule has 0 spiro atoms. The van der Waals surface area contributed by atoms with E-state index in [9.17, 15) is 9.59 Å². The molecule has 0 unspecified atom stereocenters. The van der Waals surface area contributed by atoms with Crippen LogP contribution in [0.5, 0.6) is 0 Å². The van der Waals surface area contributed by atoms with Crippen LogP contribution >= 0.6 is 11.8 Å². The van der Waals surface area contributed by atoms with Crippen LogP contribution in [0.15, 0.2) is 53.4 Å². The van der Waals surface area contributed by atoms with Crippen LogP contribution in [0.3, 0.4) is 0 Å². The van der Waals surface area contributed by atoms with Crippen LogP contribution in [0.25, 0.3) is 0 Å². The number of anilines is 2. The van der Waals surface area contributed by atoms with E-state index in [1.807, 2.05) is 44.4 Å². The Morgan fingerprint density at radius 3 is 2.16 bits per heavy atom. The number of nitrogens with one attached hydrogen (secondary N) is 2. The first kappa shape index (κ1) is 18.6. The van der Waals surface area contributed by atoms with E-state index in [4.69, 9.17) is 5.26 Å². The van der Waals surface area contributed by atoms with Gasteiger partial charge in [-0.15, -0.1) is 0 Å². The fourth-order valence-corrected chi connectivity index (χ4v) is 2.65. The quantitative estimate of drug-likeness (QED) is 0.494. The molecule has 0 heterocycles. The third-order valence-corrected chi connectivity index (χ3v) is 4.06. The third kappa shape index (κ3) is 5.10. The van der Waals surface area contributed by atoms with Gasteiger partial charge in [-0.2, -0.15) is 5.26 Å². The largest absolute Gasteiger partial charge is 0.318 e. The van der Waals surface area contributed by atoms with E-state index in [2.05, 4.69) is 10.6 Å². The summed E-state index contributed by atoms with van der Waals surface area (Å²) in [4.78, 5) is 25.1. The van der Waals surface area contributed by atoms with Gasteiger partial charge in [0.1, 0.15) is 5.40 Å². The number of benzene rings is 2. The Balaban J connectivity index is 2.06. The van der Waals surface area contributed by atoms with Crippen molar-refractivity contribution < 1.29 is 9.59 Å². The Morgan fingerprint density at radius 2 is 1.56 bits per heavy atom. The van der Waals surface area contributed by atoms with Gasteiger partial charge in [-0.1, -0.05) is 39.0 Å². The Bertz CT molecular complexity index is 818. The fraction of sp³-hybridized carbons (Fsp3) is 0.211. The van der Waals surface area contributed by atoms with Gasteiger partial charge >= 0.3 is 11.8 Å². The molecule has 6 heteroatoms. The van der Waals surface area contributed by atoms with Gasteiger partial charge in [0.05, 0.1) is 0 Å². The molecule has 0 aliphatic carbocycles. The molecule has 2 amide bonds. The highest BCUT2D eigenvalue weighted by Crippen LogP contribution is 2.29. The highest BCUT2D eigenvalue weighted by molar-refractivity contribution is 8.03. The zero-order chi connectivity index (χ0) is 18.4. The number of thiocyanates is 1. The average molecular weight is 353 g/mol. The Kier molecular flexibility index (Phi) is 5.84. The molecule has 2 aromatic rings. The highest BCUT2D eigenvalue weighted by atomic mass is 32.2. The van der Waals surface area contributed by atoms with Gasteiger partial charge in [0.15, 0.2) is 0 Å². The molecule has 2 rings (SSSR count). The monoisotopic (exact) mass is 353 g/mol. The van der Waals surface area contributed by atoms with Gasteiger partial charge in [0, 0.05) is 16.3 Å². The lowest BCUT2D eigenvalue weighted by Crippen LogP contribution is -2.30. The molecule has 5 nitrogen and oxygen atoms in total. The number of amides is 2. The molecule has 0 atom stereocenters. The summed E-state index contributed by atoms with van der Waals surface area (Å²) in [5.41, 5.74) is 1.91. The minimum atomic E-state index is -0.746. The summed E-state index contributed by atoms with van der Waals surface area (Å²) in [6.45, 7) is 6.12. The molecule has 0 aliphatic heterocycles. The van der Waals surface area contributed by atoms with Crippen molar-refractivity contribution in [2.45, 2.75) is 31.1 Å². The van der Waals surface area contributed by atoms with Gasteiger partial charge in [-0.25, -0.2) is 0 Å². The van der Waals surface area contributed by atoms with Crippen molar-refractivity contribution in [3.05, 3.63) is 54.1 Å². The third-order valence-electron chi connectivity index (χ3n) is 3.47. The maximum atomic E-state index is 12.2. The van der Waals surface area contributed by atoms with E-state index < -0.39 is 11.8 Å². The normalized spacial score (nSPS) is 10.6. The molecule has 2 N–H and O–H groups in total. The summed E-state index contributed by atoms with van der Waals surface area (Å²) in [5, 5.41) is 15.8. The maximum Gasteiger partial charge on any atom is 0.314 e. The fourth-order valence-electron chi connectivity index (χ4n) is 2.27. The van der Waals surface area contributed by atoms with E-state index >= 15 is 0 Å². The van der Waals surface area contributed by atoms with Crippen LogP contribution in [0.2, 0.25) is 0 Å². The predicted molar refractivity (Wildman–Crippen MR) is 100 cm³/mol. The summed E-state index contributed by atoms with van der Waals surface area (Å²) in [7, 11) is 0. The molecular formula is C19H19N3O2S. The Hall–Kier alpha value is -2.78. The van der Waals surface area contributed by atoms with Crippen LogP contribution in [0, 0.1) is 10.7 Å². The minimum absolute atomic E-state index is 0.158. The lowest BCUT2D eigenvalue weighted by Gasteiger charge is -2.22. The number of thioether (sulfide) groups is 1. The van der Waals surface area contributed by atoms with Crippen LogP contribution in [-0.2, 0) is 15.0 Å². The molecule has 0 aliphatic rings. The van der Waals surface area contributed by atoms with Crippen molar-refractivity contribution in [3.63, 3.8) is 0 Å². The summed E-state index contributed by atoms with van der Waals surface area (Å²) in [6.07, 6.45) is 0. The minimum Gasteiger partial charge on any atom is -0.318 e. The van der Waals surface area contributed by atoms with Crippen molar-refractivity contribution in [3.8, 4) is 5.40 Å². The summed E-state index contributed by atoms with van der Waals surface area (Å²) in [6, 6.07) is 14.1. The van der Waals surface area contributed by atoms with Crippen molar-refractivity contribution >= 4 is 35.0 Å². The van der Waals surface area contributed by atoms with E-state index in [0.29, 0.717) is 11.4 Å². The zero-order valence-corrected chi connectivity index (χ0v) is 15.1. The summed E-state index contributed by atoms with van der Waals surface area (Å²) >= 11 is 1.03. The SMILES string of the molecule is CC(C)(C)c1ccccc1NC(=O)C(=O)Nc1ccc(SC#N)cc1. The maximum absolute atomic E-state index is 12.2. The number of nitrogens with zero attached hydrogens (tertiary/aromatic N) is 1. The van der Waals surface area contributed by atoms with E-state index in [1.165, 1.54) is 0 Å². The van der Waals surface area contributed by atoms with Crippen molar-refractivity contribution in [1.82, 2.24) is 0 Å². The van der Waals surface area contributed by atoms with Crippen LogP contribution in [-0.4, -0.2) is 11.8 Å². The molecule has 0 bridgehead atoms. The second kappa shape index (κ2) is 7.86. The molecule has 0 aromatic heterocycles. The molecule has 128 valence electrons. The van der Waals surface area contributed by atoms with Crippen LogP contribution in [0.1, 0.15) is 26.3 Å². The van der Waals surface area contributed by atoms with Crippen molar-refractivity contribution in [2.75, 3.05) is 10.6 Å². The van der Waals surface area contributed by atoms with Crippen LogP contribution in [0.4, 0.5) is 11.4 Å². The van der Waals surface area contributed by atoms with Gasteiger partial charge in [-0.05, 0) is 53.1 Å². The number of hydrogen-bond acceptors (Lipinski definition) is 4. The smallest absolute Gasteiger partial charge is 0.314 e. The summed E-state index contributed by atoms with van der Waals surface area (Å²) in [5.74, 6) is -1.48. The van der Waals surface area contributed by atoms with Crippen molar-refractivity contribution in [2.24, 2.45) is 0 Å². The van der Waals surface area contributed by atoms with Gasteiger partial charge in [-0.3, -0.25) is 9.59 Å². The number of rotatable bonds is 3. The first-order valence-corrected chi connectivity index (χ1v) is 8.51. The molecular weight excluding hydrogens is 334 g/mol. The number of carbonyl (C=O) groups excluding carboxylic acids is 2. The molecule has 0 saturated carbocycles. The standard InChI is InChI=1S/C19H19N3O2S/c1-19(2,3)15-6-4-5-7-16(15)22-18(24)17(23)21-13-8-10-14(11-9-13)25-12-20/h4-11H,1-3H3,(H,21,23)(H,22,24). The van der Waals surface area contributed by atoms with Crippen LogP contribution < -0.4 is 10.6 Å². The van der Waals surface area contributed by atoms with Gasteiger partial charge in [0.2, 0.25) is 0 Å². The van der Waals surface area contributed by atoms with E-state index in [0.717, 1.165) is 22.2 Å². The molecule has 2 aromatic carbocycles. The molecule has 0 radical (unpaired) electrons. The molecule has 0 fully saturated rings. The molecule has 0 saturated heterocycles.